The molecule has 0 aliphatic carbocycles. The van der Waals surface area contributed by atoms with Gasteiger partial charge in [-0.1, -0.05) is 36.8 Å². The number of hydrogen-bond acceptors (Lipinski definition) is 6. The molecule has 7 rings (SSSR count). The van der Waals surface area contributed by atoms with Crippen molar-refractivity contribution in [1.29, 1.82) is 0 Å². The summed E-state index contributed by atoms with van der Waals surface area (Å²) < 4.78 is 44.2. The number of benzene rings is 3. The molecule has 1 aliphatic rings. The van der Waals surface area contributed by atoms with Crippen molar-refractivity contribution in [3.8, 4) is 22.5 Å². The fraction of sp³-hybridized carbons (Fsp3) is 0.167. The van der Waals surface area contributed by atoms with Gasteiger partial charge in [-0.3, -0.25) is 9.69 Å². The van der Waals surface area contributed by atoms with Gasteiger partial charge < -0.3 is 10.6 Å². The first-order valence-electron chi connectivity index (χ1n) is 15.4. The number of aromatic nitrogens is 4. The summed E-state index contributed by atoms with van der Waals surface area (Å²) in [5.41, 5.74) is 4.42. The van der Waals surface area contributed by atoms with Crippen LogP contribution in [0.5, 0.6) is 0 Å². The van der Waals surface area contributed by atoms with Crippen molar-refractivity contribution in [2.75, 3.05) is 23.7 Å². The Morgan fingerprint density at radius 1 is 0.830 bits per heavy atom. The van der Waals surface area contributed by atoms with Crippen LogP contribution in [0.15, 0.2) is 97.3 Å². The molecule has 47 heavy (non-hydrogen) atoms. The summed E-state index contributed by atoms with van der Waals surface area (Å²) in [6, 6.07) is 22.8. The molecule has 0 unspecified atom stereocenters. The van der Waals surface area contributed by atoms with E-state index in [0.29, 0.717) is 39.7 Å². The molecule has 1 amide bonds. The van der Waals surface area contributed by atoms with Crippen LogP contribution in [0.4, 0.5) is 30.5 Å². The number of hydrogen-bond donors (Lipinski definition) is 2. The highest BCUT2D eigenvalue weighted by molar-refractivity contribution is 6.05. The molecule has 0 atom stereocenters. The standard InChI is InChI=1S/C36H30F3N7O/c37-25-13-14-31-33(30-15-16-40-36(43-30)42-26-9-4-7-23(19-26)21-45-17-2-1-3-18-45)34(44-46(31)22-25)24-8-5-10-27(20-24)41-35(47)32-28(38)11-6-12-29(32)39/h4-16,19-20,22H,1-3,17-18,21H2,(H,41,47)(H,40,42,43). The topological polar surface area (TPSA) is 87.5 Å². The van der Waals surface area contributed by atoms with Crippen LogP contribution >= 0.6 is 0 Å². The van der Waals surface area contributed by atoms with Crippen molar-refractivity contribution in [2.45, 2.75) is 25.8 Å². The second kappa shape index (κ2) is 13.1. The van der Waals surface area contributed by atoms with E-state index in [9.17, 15) is 18.0 Å². The van der Waals surface area contributed by atoms with Gasteiger partial charge in [-0.15, -0.1) is 0 Å². The Kier molecular flexibility index (Phi) is 8.36. The Bertz CT molecular complexity index is 2070. The number of anilines is 3. The number of nitrogens with one attached hydrogen (secondary N) is 2. The zero-order valence-electron chi connectivity index (χ0n) is 25.3. The molecule has 2 N–H and O–H groups in total. The summed E-state index contributed by atoms with van der Waals surface area (Å²) in [7, 11) is 0. The molecule has 6 aromatic rings. The summed E-state index contributed by atoms with van der Waals surface area (Å²) in [5, 5.41) is 10.6. The van der Waals surface area contributed by atoms with Gasteiger partial charge in [-0.25, -0.2) is 27.7 Å². The molecule has 0 radical (unpaired) electrons. The van der Waals surface area contributed by atoms with E-state index >= 15 is 0 Å². The lowest BCUT2D eigenvalue weighted by Gasteiger charge is -2.26. The van der Waals surface area contributed by atoms with Crippen LogP contribution in [0.2, 0.25) is 0 Å². The maximum absolute atomic E-state index is 14.3. The molecule has 0 spiro atoms. The van der Waals surface area contributed by atoms with Crippen molar-refractivity contribution in [3.63, 3.8) is 0 Å². The first-order valence-corrected chi connectivity index (χ1v) is 15.4. The smallest absolute Gasteiger partial charge is 0.261 e. The van der Waals surface area contributed by atoms with Crippen LogP contribution in [0, 0.1) is 17.5 Å². The summed E-state index contributed by atoms with van der Waals surface area (Å²) in [5.74, 6) is -2.96. The summed E-state index contributed by atoms with van der Waals surface area (Å²) >= 11 is 0. The molecule has 236 valence electrons. The fourth-order valence-electron chi connectivity index (χ4n) is 5.94. The van der Waals surface area contributed by atoms with Gasteiger partial charge in [0.15, 0.2) is 0 Å². The largest absolute Gasteiger partial charge is 0.324 e. The van der Waals surface area contributed by atoms with Crippen molar-refractivity contribution in [1.82, 2.24) is 24.5 Å². The van der Waals surface area contributed by atoms with Gasteiger partial charge in [-0.05, 0) is 86.1 Å². The van der Waals surface area contributed by atoms with Crippen LogP contribution in [-0.2, 0) is 6.54 Å². The second-order valence-electron chi connectivity index (χ2n) is 11.5. The number of halogens is 3. The average molecular weight is 634 g/mol. The molecule has 3 aromatic heterocycles. The quantitative estimate of drug-likeness (QED) is 0.178. The van der Waals surface area contributed by atoms with Crippen LogP contribution in [0.3, 0.4) is 0 Å². The van der Waals surface area contributed by atoms with E-state index in [1.807, 2.05) is 12.1 Å². The number of carbonyl (C=O) groups is 1. The van der Waals surface area contributed by atoms with E-state index in [0.717, 1.165) is 37.5 Å². The molecular formula is C36H30F3N7O. The highest BCUT2D eigenvalue weighted by Crippen LogP contribution is 2.36. The van der Waals surface area contributed by atoms with Gasteiger partial charge in [-0.2, -0.15) is 5.10 Å². The zero-order valence-corrected chi connectivity index (χ0v) is 25.3. The zero-order chi connectivity index (χ0) is 32.3. The molecular weight excluding hydrogens is 603 g/mol. The first-order chi connectivity index (χ1) is 22.9. The molecule has 3 aromatic carbocycles. The number of fused-ring (bicyclic) bond motifs is 1. The minimum absolute atomic E-state index is 0.291. The number of likely N-dealkylation sites (tertiary alicyclic amines) is 1. The third-order valence-electron chi connectivity index (χ3n) is 8.13. The maximum Gasteiger partial charge on any atom is 0.261 e. The summed E-state index contributed by atoms with van der Waals surface area (Å²) in [6.07, 6.45) is 6.64. The Labute approximate surface area is 268 Å². The average Bonchev–Trinajstić information content (AvgIpc) is 3.44. The minimum Gasteiger partial charge on any atom is -0.324 e. The van der Waals surface area contributed by atoms with E-state index in [1.54, 1.807) is 42.6 Å². The van der Waals surface area contributed by atoms with E-state index < -0.39 is 28.9 Å². The third kappa shape index (κ3) is 6.56. The normalized spacial score (nSPS) is 13.5. The number of carbonyl (C=O) groups excluding carboxylic acids is 1. The van der Waals surface area contributed by atoms with Gasteiger partial charge in [0.05, 0.1) is 23.0 Å². The summed E-state index contributed by atoms with van der Waals surface area (Å²) in [4.78, 5) is 24.5. The molecule has 11 heteroatoms. The highest BCUT2D eigenvalue weighted by Gasteiger charge is 2.21. The van der Waals surface area contributed by atoms with E-state index in [-0.39, 0.29) is 0 Å². The molecule has 8 nitrogen and oxygen atoms in total. The van der Waals surface area contributed by atoms with Crippen molar-refractivity contribution >= 4 is 28.7 Å². The molecule has 0 bridgehead atoms. The minimum atomic E-state index is -0.967. The van der Waals surface area contributed by atoms with E-state index in [1.165, 1.54) is 47.7 Å². The summed E-state index contributed by atoms with van der Waals surface area (Å²) in [6.45, 7) is 3.09. The van der Waals surface area contributed by atoms with Crippen LogP contribution in [0.25, 0.3) is 28.0 Å². The van der Waals surface area contributed by atoms with Gasteiger partial charge in [0.2, 0.25) is 5.95 Å². The van der Waals surface area contributed by atoms with Gasteiger partial charge in [0, 0.05) is 29.7 Å². The molecule has 0 saturated carbocycles. The predicted molar refractivity (Wildman–Crippen MR) is 175 cm³/mol. The van der Waals surface area contributed by atoms with E-state index in [4.69, 9.17) is 4.98 Å². The second-order valence-corrected chi connectivity index (χ2v) is 11.5. The van der Waals surface area contributed by atoms with Gasteiger partial charge in [0.1, 0.15) is 28.7 Å². The maximum atomic E-state index is 14.3. The lowest BCUT2D eigenvalue weighted by molar-refractivity contribution is 0.101. The number of piperidine rings is 1. The van der Waals surface area contributed by atoms with Gasteiger partial charge in [0.25, 0.3) is 5.91 Å². The van der Waals surface area contributed by atoms with Crippen LogP contribution in [-0.4, -0.2) is 43.5 Å². The van der Waals surface area contributed by atoms with Crippen LogP contribution in [0.1, 0.15) is 35.2 Å². The Morgan fingerprint density at radius 3 is 2.43 bits per heavy atom. The Morgan fingerprint density at radius 2 is 1.60 bits per heavy atom. The molecule has 1 fully saturated rings. The van der Waals surface area contributed by atoms with Crippen molar-refractivity contribution < 1.29 is 18.0 Å². The molecule has 1 aliphatic heterocycles. The van der Waals surface area contributed by atoms with Crippen LogP contribution < -0.4 is 10.6 Å². The van der Waals surface area contributed by atoms with Crippen molar-refractivity contribution in [2.24, 2.45) is 0 Å². The number of pyridine rings is 1. The number of nitrogens with zero attached hydrogens (tertiary/aromatic N) is 5. The predicted octanol–water partition coefficient (Wildman–Crippen LogP) is 7.86. The monoisotopic (exact) mass is 633 g/mol. The fourth-order valence-corrected chi connectivity index (χ4v) is 5.94. The van der Waals surface area contributed by atoms with E-state index in [2.05, 4.69) is 37.7 Å². The Hall–Kier alpha value is -5.55. The third-order valence-corrected chi connectivity index (χ3v) is 8.13. The lowest BCUT2D eigenvalue weighted by Crippen LogP contribution is -2.29. The van der Waals surface area contributed by atoms with Crippen molar-refractivity contribution in [3.05, 3.63) is 126 Å². The number of amides is 1. The molecule has 4 heterocycles. The Balaban J connectivity index is 1.21. The number of rotatable bonds is 8. The lowest BCUT2D eigenvalue weighted by atomic mass is 10.0. The molecule has 1 saturated heterocycles. The van der Waals surface area contributed by atoms with Gasteiger partial charge >= 0.3 is 0 Å². The highest BCUT2D eigenvalue weighted by atomic mass is 19.1. The SMILES string of the molecule is O=C(Nc1cccc(-c2nn3cc(F)ccc3c2-c2ccnc(Nc3cccc(CN4CCCCC4)c3)n2)c1)c1c(F)cccc1F. The first kappa shape index (κ1) is 30.1.